The molecule has 0 aromatic heterocycles. The Hall–Kier alpha value is -1.70. The summed E-state index contributed by atoms with van der Waals surface area (Å²) >= 11 is 14.0. The molecule has 5 nitrogen and oxygen atoms in total. The van der Waals surface area contributed by atoms with E-state index in [1.54, 1.807) is 0 Å². The largest absolute Gasteiger partial charge is 0.506 e. The number of phenols is 1. The number of hydrogen-bond donors (Lipinski definition) is 2. The van der Waals surface area contributed by atoms with Crippen molar-refractivity contribution in [2.45, 2.75) is 0 Å². The zero-order chi connectivity index (χ0) is 16.4. The third kappa shape index (κ3) is 3.21. The molecular formula is C14H10BrClN2O3S. The molecule has 2 rings (SSSR count). The lowest BCUT2D eigenvalue weighted by molar-refractivity contribution is -0.128. The fourth-order valence-corrected chi connectivity index (χ4v) is 2.92. The van der Waals surface area contributed by atoms with Crippen LogP contribution in [0.2, 0.25) is 5.02 Å². The Bertz CT molecular complexity index is 733. The van der Waals surface area contributed by atoms with Gasteiger partial charge in [-0.15, -0.1) is 6.58 Å². The van der Waals surface area contributed by atoms with E-state index in [4.69, 9.17) is 23.8 Å². The average molecular weight is 402 g/mol. The van der Waals surface area contributed by atoms with Crippen LogP contribution in [0.5, 0.6) is 5.75 Å². The summed E-state index contributed by atoms with van der Waals surface area (Å²) in [6.45, 7) is 3.71. The molecule has 1 aromatic rings. The number of thiocarbonyl (C=S) groups is 1. The Morgan fingerprint density at radius 2 is 2.14 bits per heavy atom. The lowest BCUT2D eigenvalue weighted by atomic mass is 10.1. The topological polar surface area (TPSA) is 69.6 Å². The average Bonchev–Trinajstić information content (AvgIpc) is 2.44. The quantitative estimate of drug-likeness (QED) is 0.353. The first-order valence-corrected chi connectivity index (χ1v) is 7.61. The normalized spacial score (nSPS) is 16.9. The molecule has 0 aliphatic carbocycles. The Kier molecular flexibility index (Phi) is 5.00. The highest BCUT2D eigenvalue weighted by molar-refractivity contribution is 9.10. The van der Waals surface area contributed by atoms with Gasteiger partial charge in [0.25, 0.3) is 11.8 Å². The van der Waals surface area contributed by atoms with Crippen LogP contribution in [0.25, 0.3) is 6.08 Å². The monoisotopic (exact) mass is 400 g/mol. The van der Waals surface area contributed by atoms with E-state index in [1.807, 2.05) is 0 Å². The second kappa shape index (κ2) is 6.60. The third-order valence-electron chi connectivity index (χ3n) is 2.85. The van der Waals surface area contributed by atoms with Crippen molar-refractivity contribution >= 4 is 62.8 Å². The minimum Gasteiger partial charge on any atom is -0.506 e. The second-order valence-electron chi connectivity index (χ2n) is 4.35. The van der Waals surface area contributed by atoms with Gasteiger partial charge in [-0.2, -0.15) is 0 Å². The molecule has 1 aliphatic heterocycles. The van der Waals surface area contributed by atoms with Gasteiger partial charge in [0.1, 0.15) is 11.3 Å². The van der Waals surface area contributed by atoms with Crippen LogP contribution in [0.1, 0.15) is 5.56 Å². The Balaban J connectivity index is 2.50. The molecule has 0 spiro atoms. The van der Waals surface area contributed by atoms with Crippen molar-refractivity contribution in [1.82, 2.24) is 10.2 Å². The molecule has 0 atom stereocenters. The molecule has 1 aromatic carbocycles. The summed E-state index contributed by atoms with van der Waals surface area (Å²) < 4.78 is 0.356. The number of benzene rings is 1. The Morgan fingerprint density at radius 3 is 2.77 bits per heavy atom. The van der Waals surface area contributed by atoms with Gasteiger partial charge >= 0.3 is 0 Å². The predicted octanol–water partition coefficient (Wildman–Crippen LogP) is 2.62. The van der Waals surface area contributed by atoms with Crippen LogP contribution in [0.4, 0.5) is 0 Å². The highest BCUT2D eigenvalue weighted by atomic mass is 79.9. The molecule has 2 N–H and O–H groups in total. The third-order valence-corrected chi connectivity index (χ3v) is 4.00. The summed E-state index contributed by atoms with van der Waals surface area (Å²) in [6, 6.07) is 2.95. The summed E-state index contributed by atoms with van der Waals surface area (Å²) in [7, 11) is 0. The first-order valence-electron chi connectivity index (χ1n) is 6.03. The van der Waals surface area contributed by atoms with Crippen LogP contribution < -0.4 is 5.32 Å². The number of halogens is 2. The zero-order valence-electron chi connectivity index (χ0n) is 11.1. The van der Waals surface area contributed by atoms with Crippen molar-refractivity contribution in [2.75, 3.05) is 6.54 Å². The van der Waals surface area contributed by atoms with Crippen LogP contribution in [0, 0.1) is 0 Å². The maximum Gasteiger partial charge on any atom is 0.265 e. The number of nitrogens with one attached hydrogen (secondary N) is 1. The van der Waals surface area contributed by atoms with Crippen LogP contribution in [-0.2, 0) is 9.59 Å². The predicted molar refractivity (Wildman–Crippen MR) is 91.4 cm³/mol. The molecule has 2 amide bonds. The van der Waals surface area contributed by atoms with Crippen molar-refractivity contribution in [3.8, 4) is 5.75 Å². The molecule has 1 fully saturated rings. The minimum atomic E-state index is -0.634. The number of aromatic hydroxyl groups is 1. The van der Waals surface area contributed by atoms with Crippen molar-refractivity contribution in [1.29, 1.82) is 0 Å². The van der Waals surface area contributed by atoms with E-state index in [0.29, 0.717) is 9.50 Å². The Labute approximate surface area is 145 Å². The maximum absolute atomic E-state index is 12.4. The summed E-state index contributed by atoms with van der Waals surface area (Å²) in [6.07, 6.45) is 2.76. The summed E-state index contributed by atoms with van der Waals surface area (Å²) in [5, 5.41) is 12.8. The lowest BCUT2D eigenvalue weighted by Gasteiger charge is -2.27. The van der Waals surface area contributed by atoms with Gasteiger partial charge in [0.2, 0.25) is 0 Å². The van der Waals surface area contributed by atoms with E-state index in [1.165, 1.54) is 29.2 Å². The standard InChI is InChI=1S/C14H10BrClN2O3S/c1-2-3-18-13(21)9(12(20)17-14(18)22)5-7-4-8(16)6-10(15)11(7)19/h2,4-6,19H,1,3H2,(H,17,20,22)/b9-5+. The first kappa shape index (κ1) is 16.7. The van der Waals surface area contributed by atoms with Crippen molar-refractivity contribution in [2.24, 2.45) is 0 Å². The van der Waals surface area contributed by atoms with Gasteiger partial charge in [0, 0.05) is 17.1 Å². The van der Waals surface area contributed by atoms with Crippen LogP contribution in [0.3, 0.4) is 0 Å². The van der Waals surface area contributed by atoms with Crippen LogP contribution in [-0.4, -0.2) is 33.5 Å². The van der Waals surface area contributed by atoms with Gasteiger partial charge in [-0.1, -0.05) is 17.7 Å². The first-order chi connectivity index (χ1) is 10.3. The Morgan fingerprint density at radius 1 is 1.45 bits per heavy atom. The molecule has 1 saturated heterocycles. The summed E-state index contributed by atoms with van der Waals surface area (Å²) in [5.74, 6) is -1.32. The van der Waals surface area contributed by atoms with E-state index >= 15 is 0 Å². The molecule has 0 saturated carbocycles. The number of amides is 2. The summed E-state index contributed by atoms with van der Waals surface area (Å²) in [4.78, 5) is 25.5. The second-order valence-corrected chi connectivity index (χ2v) is 6.02. The summed E-state index contributed by atoms with van der Waals surface area (Å²) in [5.41, 5.74) is 0.0872. The lowest BCUT2D eigenvalue weighted by Crippen LogP contribution is -2.53. The molecule has 0 radical (unpaired) electrons. The SMILES string of the molecule is C=CCN1C(=O)/C(=C/c2cc(Cl)cc(Br)c2O)C(=O)NC1=S. The van der Waals surface area contributed by atoms with Crippen molar-refractivity contribution in [3.05, 3.63) is 45.4 Å². The van der Waals surface area contributed by atoms with Gasteiger partial charge < -0.3 is 5.11 Å². The molecule has 8 heteroatoms. The fraction of sp³-hybridized carbons (Fsp3) is 0.0714. The number of phenolic OH excluding ortho intramolecular Hbond substituents is 1. The maximum atomic E-state index is 12.4. The molecule has 1 aliphatic rings. The zero-order valence-corrected chi connectivity index (χ0v) is 14.3. The van der Waals surface area contributed by atoms with E-state index in [0.717, 1.165) is 0 Å². The molecule has 114 valence electrons. The van der Waals surface area contributed by atoms with Gasteiger partial charge in [-0.25, -0.2) is 0 Å². The smallest absolute Gasteiger partial charge is 0.265 e. The molecule has 0 unspecified atom stereocenters. The van der Waals surface area contributed by atoms with Crippen LogP contribution >= 0.6 is 39.7 Å². The number of rotatable bonds is 3. The van der Waals surface area contributed by atoms with Gasteiger partial charge in [-0.3, -0.25) is 19.8 Å². The van der Waals surface area contributed by atoms with Gasteiger partial charge in [0.15, 0.2) is 5.11 Å². The number of hydrogen-bond acceptors (Lipinski definition) is 4. The minimum absolute atomic E-state index is 0.0172. The van der Waals surface area contributed by atoms with Crippen molar-refractivity contribution in [3.63, 3.8) is 0 Å². The van der Waals surface area contributed by atoms with Gasteiger partial charge in [-0.05, 0) is 46.4 Å². The van der Waals surface area contributed by atoms with Crippen molar-refractivity contribution < 1.29 is 14.7 Å². The molecule has 1 heterocycles. The highest BCUT2D eigenvalue weighted by Crippen LogP contribution is 2.33. The number of nitrogens with zero attached hydrogens (tertiary/aromatic N) is 1. The fourth-order valence-electron chi connectivity index (χ4n) is 1.84. The molecular weight excluding hydrogens is 392 g/mol. The molecule has 0 bridgehead atoms. The van der Waals surface area contributed by atoms with Crippen LogP contribution in [0.15, 0.2) is 34.8 Å². The number of carbonyl (C=O) groups is 2. The highest BCUT2D eigenvalue weighted by Gasteiger charge is 2.32. The van der Waals surface area contributed by atoms with Gasteiger partial charge in [0.05, 0.1) is 4.47 Å². The molecule has 22 heavy (non-hydrogen) atoms. The van der Waals surface area contributed by atoms with E-state index in [-0.39, 0.29) is 28.5 Å². The van der Waals surface area contributed by atoms with E-state index < -0.39 is 11.8 Å². The van der Waals surface area contributed by atoms with E-state index in [9.17, 15) is 14.7 Å². The van der Waals surface area contributed by atoms with E-state index in [2.05, 4.69) is 27.8 Å². The number of carbonyl (C=O) groups excluding carboxylic acids is 2.